The van der Waals surface area contributed by atoms with E-state index in [9.17, 15) is 19.5 Å². The second-order valence-corrected chi connectivity index (χ2v) is 7.86. The predicted octanol–water partition coefficient (Wildman–Crippen LogP) is 0.857. The molecule has 0 radical (unpaired) electrons. The smallest absolute Gasteiger partial charge is 0.251 e. The Kier molecular flexibility index (Phi) is 8.09. The molecule has 2 amide bonds. The number of ether oxygens (including phenoxy) is 2. The highest BCUT2D eigenvalue weighted by atomic mass is 32.2. The van der Waals surface area contributed by atoms with E-state index in [1.54, 1.807) is 35.9 Å². The molecule has 0 saturated carbocycles. The molecule has 1 heterocycles. The summed E-state index contributed by atoms with van der Waals surface area (Å²) in [5.41, 5.74) is 0.719. The maximum atomic E-state index is 12.5. The minimum Gasteiger partial charge on any atom is -0.545 e. The number of hydrogen-bond acceptors (Lipinski definition) is 9. The van der Waals surface area contributed by atoms with E-state index < -0.39 is 5.97 Å². The molecule has 1 aromatic heterocycles. The molecule has 0 bridgehead atoms. The van der Waals surface area contributed by atoms with E-state index in [1.807, 2.05) is 0 Å². The Balaban J connectivity index is 1.54. The van der Waals surface area contributed by atoms with Crippen LogP contribution in [-0.4, -0.2) is 52.5 Å². The van der Waals surface area contributed by atoms with Crippen LogP contribution in [0, 0.1) is 0 Å². The number of nitrogens with zero attached hydrogens (tertiary/aromatic N) is 3. The van der Waals surface area contributed by atoms with E-state index in [0.29, 0.717) is 33.7 Å². The molecule has 178 valence electrons. The summed E-state index contributed by atoms with van der Waals surface area (Å²) in [5, 5.41) is 24.9. The number of thioether (sulfide) groups is 1. The number of methoxy groups -OCH3 is 2. The van der Waals surface area contributed by atoms with Crippen molar-refractivity contribution in [1.29, 1.82) is 0 Å². The summed E-state index contributed by atoms with van der Waals surface area (Å²) in [7, 11) is 4.73. The van der Waals surface area contributed by atoms with Crippen molar-refractivity contribution in [3.05, 3.63) is 59.4 Å². The Hall–Kier alpha value is -4.06. The van der Waals surface area contributed by atoms with Crippen molar-refractivity contribution in [3.63, 3.8) is 0 Å². The number of aromatic carboxylic acids is 1. The van der Waals surface area contributed by atoms with Gasteiger partial charge in [-0.15, -0.1) is 10.2 Å². The molecule has 0 aliphatic carbocycles. The number of amides is 2. The third-order valence-electron chi connectivity index (χ3n) is 4.69. The van der Waals surface area contributed by atoms with E-state index in [2.05, 4.69) is 20.8 Å². The average molecular weight is 485 g/mol. The predicted molar refractivity (Wildman–Crippen MR) is 122 cm³/mol. The number of carboxylic acids is 1. The van der Waals surface area contributed by atoms with Crippen molar-refractivity contribution >= 4 is 35.2 Å². The molecule has 11 nitrogen and oxygen atoms in total. The normalized spacial score (nSPS) is 10.4. The van der Waals surface area contributed by atoms with Crippen LogP contribution in [0.15, 0.2) is 47.6 Å². The van der Waals surface area contributed by atoms with Gasteiger partial charge in [-0.2, -0.15) is 0 Å². The lowest BCUT2D eigenvalue weighted by atomic mass is 10.2. The molecule has 0 saturated heterocycles. The fraction of sp³-hybridized carbons (Fsp3) is 0.227. The lowest BCUT2D eigenvalue weighted by Gasteiger charge is -2.10. The highest BCUT2D eigenvalue weighted by Gasteiger charge is 2.15. The van der Waals surface area contributed by atoms with Gasteiger partial charge in [0.15, 0.2) is 22.5 Å². The van der Waals surface area contributed by atoms with E-state index in [0.717, 1.165) is 11.8 Å². The van der Waals surface area contributed by atoms with Gasteiger partial charge < -0.3 is 34.6 Å². The van der Waals surface area contributed by atoms with Crippen LogP contribution in [0.5, 0.6) is 11.5 Å². The number of carbonyl (C=O) groups excluding carboxylic acids is 3. The molecule has 3 aromatic rings. The van der Waals surface area contributed by atoms with E-state index in [1.165, 1.54) is 32.4 Å². The molecule has 0 unspecified atom stereocenters. The zero-order chi connectivity index (χ0) is 24.7. The summed E-state index contributed by atoms with van der Waals surface area (Å²) in [6.45, 7) is 0.124. The number of anilines is 1. The van der Waals surface area contributed by atoms with Gasteiger partial charge in [0.2, 0.25) is 5.91 Å². The zero-order valence-electron chi connectivity index (χ0n) is 18.7. The first kappa shape index (κ1) is 24.6. The molecule has 0 fully saturated rings. The number of aromatic nitrogens is 3. The number of rotatable bonds is 10. The summed E-state index contributed by atoms with van der Waals surface area (Å²) < 4.78 is 12.1. The average Bonchev–Trinajstić information content (AvgIpc) is 3.19. The first-order valence-electron chi connectivity index (χ1n) is 9.95. The van der Waals surface area contributed by atoms with Gasteiger partial charge in [0.1, 0.15) is 0 Å². The summed E-state index contributed by atoms with van der Waals surface area (Å²) >= 11 is 1.15. The van der Waals surface area contributed by atoms with Gasteiger partial charge in [0.05, 0.1) is 32.5 Å². The van der Waals surface area contributed by atoms with Crippen molar-refractivity contribution in [1.82, 2.24) is 20.1 Å². The Morgan fingerprint density at radius 2 is 1.79 bits per heavy atom. The van der Waals surface area contributed by atoms with Crippen LogP contribution in [0.4, 0.5) is 5.69 Å². The summed E-state index contributed by atoms with van der Waals surface area (Å²) in [5.74, 6) is -0.502. The highest BCUT2D eigenvalue weighted by Crippen LogP contribution is 2.27. The quantitative estimate of drug-likeness (QED) is 0.400. The van der Waals surface area contributed by atoms with Gasteiger partial charge in [-0.3, -0.25) is 9.59 Å². The molecule has 0 atom stereocenters. The Morgan fingerprint density at radius 1 is 1.03 bits per heavy atom. The van der Waals surface area contributed by atoms with Gasteiger partial charge in [-0.1, -0.05) is 23.9 Å². The second-order valence-electron chi connectivity index (χ2n) is 6.92. The van der Waals surface area contributed by atoms with Crippen molar-refractivity contribution in [3.8, 4) is 11.5 Å². The van der Waals surface area contributed by atoms with Crippen LogP contribution in [0.3, 0.4) is 0 Å². The van der Waals surface area contributed by atoms with Crippen LogP contribution in [0.2, 0.25) is 0 Å². The second kappa shape index (κ2) is 11.2. The van der Waals surface area contributed by atoms with E-state index in [-0.39, 0.29) is 29.7 Å². The topological polar surface area (TPSA) is 148 Å². The number of carboxylic acid groups (broad SMARTS) is 1. The molecule has 3 rings (SSSR count). The van der Waals surface area contributed by atoms with Gasteiger partial charge in [-0.05, 0) is 35.9 Å². The molecule has 2 aromatic carbocycles. The number of benzene rings is 2. The fourth-order valence-electron chi connectivity index (χ4n) is 2.91. The first-order valence-corrected chi connectivity index (χ1v) is 10.9. The van der Waals surface area contributed by atoms with Crippen LogP contribution in [-0.2, 0) is 18.4 Å². The number of hydrogen-bond donors (Lipinski definition) is 2. The lowest BCUT2D eigenvalue weighted by molar-refractivity contribution is -0.255. The molecular formula is C22H22N5O6S-. The Morgan fingerprint density at radius 3 is 2.50 bits per heavy atom. The monoisotopic (exact) mass is 484 g/mol. The SMILES string of the molecule is COc1ccc(C(=O)NCc2nnc(SCC(=O)Nc3cccc(C(=O)[O-])c3)n2C)cc1OC. The fourth-order valence-corrected chi connectivity index (χ4v) is 3.64. The van der Waals surface area contributed by atoms with Gasteiger partial charge in [0, 0.05) is 18.3 Å². The minimum absolute atomic E-state index is 0.0273. The molecule has 2 N–H and O–H groups in total. The molecular weight excluding hydrogens is 462 g/mol. The molecule has 34 heavy (non-hydrogen) atoms. The third kappa shape index (κ3) is 6.04. The van der Waals surface area contributed by atoms with Gasteiger partial charge in [0.25, 0.3) is 5.91 Å². The van der Waals surface area contributed by atoms with Crippen LogP contribution in [0.25, 0.3) is 0 Å². The molecule has 0 aliphatic heterocycles. The highest BCUT2D eigenvalue weighted by molar-refractivity contribution is 7.99. The van der Waals surface area contributed by atoms with Gasteiger partial charge >= 0.3 is 0 Å². The molecule has 12 heteroatoms. The summed E-state index contributed by atoms with van der Waals surface area (Å²) in [6.07, 6.45) is 0. The van der Waals surface area contributed by atoms with Crippen molar-refractivity contribution in [2.45, 2.75) is 11.7 Å². The maximum absolute atomic E-state index is 12.5. The largest absolute Gasteiger partial charge is 0.545 e. The maximum Gasteiger partial charge on any atom is 0.251 e. The minimum atomic E-state index is -1.32. The van der Waals surface area contributed by atoms with Crippen molar-refractivity contribution < 1.29 is 29.0 Å². The first-order chi connectivity index (χ1) is 16.3. The summed E-state index contributed by atoms with van der Waals surface area (Å²) in [6, 6.07) is 10.6. The van der Waals surface area contributed by atoms with Gasteiger partial charge in [-0.25, -0.2) is 0 Å². The van der Waals surface area contributed by atoms with Crippen LogP contribution < -0.4 is 25.2 Å². The standard InChI is InChI=1S/C22H23N5O6S/c1-27-18(11-23-20(29)13-7-8-16(32-2)17(10-13)33-3)25-26-22(27)34-12-19(28)24-15-6-4-5-14(9-15)21(30)31/h4-10H,11-12H2,1-3H3,(H,23,29)(H,24,28)(H,30,31)/p-1. The number of nitrogens with one attached hydrogen (secondary N) is 2. The van der Waals surface area contributed by atoms with E-state index in [4.69, 9.17) is 9.47 Å². The van der Waals surface area contributed by atoms with Crippen LogP contribution in [0.1, 0.15) is 26.5 Å². The summed E-state index contributed by atoms with van der Waals surface area (Å²) in [4.78, 5) is 35.7. The molecule has 0 aliphatic rings. The number of carbonyl (C=O) groups is 3. The Labute approximate surface area is 199 Å². The molecule has 0 spiro atoms. The van der Waals surface area contributed by atoms with Crippen LogP contribution >= 0.6 is 11.8 Å². The Bertz CT molecular complexity index is 1210. The van der Waals surface area contributed by atoms with Crippen molar-refractivity contribution in [2.24, 2.45) is 7.05 Å². The zero-order valence-corrected chi connectivity index (χ0v) is 19.5. The third-order valence-corrected chi connectivity index (χ3v) is 5.71. The van der Waals surface area contributed by atoms with Crippen molar-refractivity contribution in [2.75, 3.05) is 25.3 Å². The van der Waals surface area contributed by atoms with E-state index >= 15 is 0 Å². The lowest BCUT2D eigenvalue weighted by Crippen LogP contribution is -2.24.